The molecule has 0 aliphatic heterocycles. The highest BCUT2D eigenvalue weighted by atomic mass is 16.3. The van der Waals surface area contributed by atoms with E-state index in [2.05, 4.69) is 31.3 Å². The van der Waals surface area contributed by atoms with Gasteiger partial charge in [0.25, 0.3) is 0 Å². The number of rotatable bonds is 43. The fraction of sp³-hybridized carbons (Fsp3) is 0.896. The van der Waals surface area contributed by atoms with E-state index in [4.69, 9.17) is 0 Å². The zero-order chi connectivity index (χ0) is 38.7. The Labute approximate surface area is 331 Å². The lowest BCUT2D eigenvalue weighted by Gasteiger charge is -2.21. The van der Waals surface area contributed by atoms with Crippen LogP contribution in [0.1, 0.15) is 251 Å². The van der Waals surface area contributed by atoms with E-state index < -0.39 is 24.2 Å². The van der Waals surface area contributed by atoms with Crippen molar-refractivity contribution in [2.24, 2.45) is 0 Å². The van der Waals surface area contributed by atoms with Crippen molar-refractivity contribution < 1.29 is 20.1 Å². The minimum absolute atomic E-state index is 0.362. The van der Waals surface area contributed by atoms with Gasteiger partial charge in [-0.2, -0.15) is 0 Å². The van der Waals surface area contributed by atoms with Gasteiger partial charge in [0, 0.05) is 0 Å². The Morgan fingerprint density at radius 3 is 1.09 bits per heavy atom. The highest BCUT2D eigenvalue weighted by Crippen LogP contribution is 2.16. The predicted molar refractivity (Wildman–Crippen MR) is 231 cm³/mol. The van der Waals surface area contributed by atoms with Crippen LogP contribution >= 0.6 is 0 Å². The monoisotopic (exact) mass is 748 g/mol. The Morgan fingerprint density at radius 1 is 0.453 bits per heavy atom. The van der Waals surface area contributed by atoms with Crippen molar-refractivity contribution >= 4 is 5.91 Å². The van der Waals surface area contributed by atoms with Crippen molar-refractivity contribution in [1.29, 1.82) is 0 Å². The van der Waals surface area contributed by atoms with E-state index in [9.17, 15) is 20.1 Å². The molecule has 0 spiro atoms. The molecule has 314 valence electrons. The molecule has 0 bridgehead atoms. The standard InChI is InChI=1S/C48H93NO4/c1-3-5-7-9-11-13-15-16-17-18-19-20-21-22-23-24-25-26-27-28-29-30-31-33-35-37-39-41-43-47(52)48(53)49-45(44-50)46(51)42-40-38-36-34-32-14-12-10-8-6-4-2/h22-23,40,42,45-47,50-52H,3-21,24-39,41,43-44H2,1-2H3,(H,49,53)/b23-22-,42-40+. The first kappa shape index (κ1) is 51.8. The smallest absolute Gasteiger partial charge is 0.249 e. The van der Waals surface area contributed by atoms with Crippen LogP contribution in [0.25, 0.3) is 0 Å². The predicted octanol–water partition coefficient (Wildman–Crippen LogP) is 13.8. The normalized spacial score (nSPS) is 13.7. The number of carbonyl (C=O) groups is 1. The van der Waals surface area contributed by atoms with Crippen LogP contribution in [-0.4, -0.2) is 46.1 Å². The van der Waals surface area contributed by atoms with E-state index in [0.717, 1.165) is 32.1 Å². The molecule has 0 rings (SSSR count). The molecular weight excluding hydrogens is 655 g/mol. The van der Waals surface area contributed by atoms with Crippen molar-refractivity contribution in [2.75, 3.05) is 6.61 Å². The Bertz CT molecular complexity index is 784. The van der Waals surface area contributed by atoms with Crippen LogP contribution < -0.4 is 5.32 Å². The maximum atomic E-state index is 12.4. The molecule has 0 fully saturated rings. The number of aliphatic hydroxyl groups excluding tert-OH is 3. The van der Waals surface area contributed by atoms with Gasteiger partial charge in [0.15, 0.2) is 0 Å². The summed E-state index contributed by atoms with van der Waals surface area (Å²) in [5, 5.41) is 33.1. The Kier molecular flexibility index (Phi) is 42.6. The number of unbranched alkanes of at least 4 members (excludes halogenated alkanes) is 33. The topological polar surface area (TPSA) is 89.8 Å². The van der Waals surface area contributed by atoms with Crippen LogP contribution in [0.2, 0.25) is 0 Å². The van der Waals surface area contributed by atoms with Gasteiger partial charge in [-0.15, -0.1) is 0 Å². The third kappa shape index (κ3) is 38.9. The van der Waals surface area contributed by atoms with Gasteiger partial charge in [0.1, 0.15) is 6.10 Å². The molecule has 1 amide bonds. The van der Waals surface area contributed by atoms with Crippen LogP contribution in [0.3, 0.4) is 0 Å². The highest BCUT2D eigenvalue weighted by molar-refractivity contribution is 5.80. The molecule has 0 aromatic heterocycles. The van der Waals surface area contributed by atoms with Crippen LogP contribution in [0.15, 0.2) is 24.3 Å². The molecule has 0 aliphatic carbocycles. The number of hydrogen-bond donors (Lipinski definition) is 4. The molecule has 5 heteroatoms. The SMILES string of the molecule is CCCCCCCCCCC/C=C/C(O)C(CO)NC(=O)C(O)CCCCCCCCCCCCCC/C=C\CCCCCCCCCCCCCC. The van der Waals surface area contributed by atoms with Crippen molar-refractivity contribution in [3.05, 3.63) is 24.3 Å². The molecule has 0 aromatic carbocycles. The number of carbonyl (C=O) groups excluding carboxylic acids is 1. The fourth-order valence-corrected chi connectivity index (χ4v) is 7.30. The van der Waals surface area contributed by atoms with E-state index in [1.807, 2.05) is 6.08 Å². The zero-order valence-electron chi connectivity index (χ0n) is 35.7. The van der Waals surface area contributed by atoms with Crippen LogP contribution in [0.4, 0.5) is 0 Å². The number of allylic oxidation sites excluding steroid dienone is 3. The van der Waals surface area contributed by atoms with Gasteiger partial charge in [0.05, 0.1) is 18.8 Å². The third-order valence-corrected chi connectivity index (χ3v) is 11.0. The van der Waals surface area contributed by atoms with Gasteiger partial charge >= 0.3 is 0 Å². The first-order valence-electron chi connectivity index (χ1n) is 23.7. The molecule has 5 nitrogen and oxygen atoms in total. The van der Waals surface area contributed by atoms with Gasteiger partial charge in [-0.25, -0.2) is 0 Å². The molecule has 0 aromatic rings. The third-order valence-electron chi connectivity index (χ3n) is 11.0. The molecule has 0 saturated carbocycles. The summed E-state index contributed by atoms with van der Waals surface area (Å²) in [6.07, 6.45) is 53.8. The number of aliphatic hydroxyl groups is 3. The van der Waals surface area contributed by atoms with E-state index in [0.29, 0.717) is 6.42 Å². The highest BCUT2D eigenvalue weighted by Gasteiger charge is 2.22. The van der Waals surface area contributed by atoms with Crippen LogP contribution in [0.5, 0.6) is 0 Å². The molecule has 4 N–H and O–H groups in total. The van der Waals surface area contributed by atoms with Crippen LogP contribution in [-0.2, 0) is 4.79 Å². The molecule has 0 saturated heterocycles. The number of nitrogens with one attached hydrogen (secondary N) is 1. The summed E-state index contributed by atoms with van der Waals surface area (Å²) in [4.78, 5) is 12.4. The minimum Gasteiger partial charge on any atom is -0.394 e. The van der Waals surface area contributed by atoms with E-state index in [1.54, 1.807) is 6.08 Å². The van der Waals surface area contributed by atoms with Crippen LogP contribution in [0, 0.1) is 0 Å². The second-order valence-corrected chi connectivity index (χ2v) is 16.3. The summed E-state index contributed by atoms with van der Waals surface area (Å²) in [6.45, 7) is 4.18. The van der Waals surface area contributed by atoms with Crippen molar-refractivity contribution in [3.63, 3.8) is 0 Å². The Balaban J connectivity index is 3.54. The maximum absolute atomic E-state index is 12.4. The lowest BCUT2D eigenvalue weighted by atomic mass is 10.0. The summed E-state index contributed by atoms with van der Waals surface area (Å²) in [6, 6.07) is -0.794. The maximum Gasteiger partial charge on any atom is 0.249 e. The van der Waals surface area contributed by atoms with E-state index in [1.165, 1.54) is 199 Å². The van der Waals surface area contributed by atoms with E-state index in [-0.39, 0.29) is 6.61 Å². The number of hydrogen-bond acceptors (Lipinski definition) is 4. The van der Waals surface area contributed by atoms with Crippen molar-refractivity contribution in [3.8, 4) is 0 Å². The van der Waals surface area contributed by atoms with Crippen molar-refractivity contribution in [2.45, 2.75) is 270 Å². The second-order valence-electron chi connectivity index (χ2n) is 16.3. The van der Waals surface area contributed by atoms with Crippen molar-refractivity contribution in [1.82, 2.24) is 5.32 Å². The quantitative estimate of drug-likeness (QED) is 0.0369. The zero-order valence-corrected chi connectivity index (χ0v) is 35.7. The minimum atomic E-state index is -1.10. The average molecular weight is 748 g/mol. The van der Waals surface area contributed by atoms with Gasteiger partial charge < -0.3 is 20.6 Å². The number of amides is 1. The largest absolute Gasteiger partial charge is 0.394 e. The molecule has 3 unspecified atom stereocenters. The second kappa shape index (κ2) is 43.6. The molecule has 0 radical (unpaired) electrons. The molecular formula is C48H93NO4. The molecule has 3 atom stereocenters. The van der Waals surface area contributed by atoms with Gasteiger partial charge in [-0.3, -0.25) is 4.79 Å². The first-order valence-corrected chi connectivity index (χ1v) is 23.7. The summed E-state index contributed by atoms with van der Waals surface area (Å²) in [5.74, 6) is -0.503. The fourth-order valence-electron chi connectivity index (χ4n) is 7.30. The molecule has 0 heterocycles. The lowest BCUT2D eigenvalue weighted by Crippen LogP contribution is -2.48. The molecule has 0 aliphatic rings. The van der Waals surface area contributed by atoms with E-state index >= 15 is 0 Å². The summed E-state index contributed by atoms with van der Waals surface area (Å²) in [5.41, 5.74) is 0. The average Bonchev–Trinajstić information content (AvgIpc) is 3.16. The molecule has 53 heavy (non-hydrogen) atoms. The Morgan fingerprint density at radius 2 is 0.755 bits per heavy atom. The van der Waals surface area contributed by atoms with Gasteiger partial charge in [-0.05, 0) is 44.9 Å². The summed E-state index contributed by atoms with van der Waals surface area (Å²) >= 11 is 0. The summed E-state index contributed by atoms with van der Waals surface area (Å²) in [7, 11) is 0. The summed E-state index contributed by atoms with van der Waals surface area (Å²) < 4.78 is 0. The first-order chi connectivity index (χ1) is 26.1. The van der Waals surface area contributed by atoms with Gasteiger partial charge in [0.2, 0.25) is 5.91 Å². The lowest BCUT2D eigenvalue weighted by molar-refractivity contribution is -0.131. The van der Waals surface area contributed by atoms with Gasteiger partial charge in [-0.1, -0.05) is 231 Å². The Hall–Kier alpha value is -1.17.